The fourth-order valence-corrected chi connectivity index (χ4v) is 4.16. The highest BCUT2D eigenvalue weighted by Crippen LogP contribution is 2.35. The molecule has 0 saturated heterocycles. The maximum atomic E-state index is 14.6. The number of anilines is 1. The van der Waals surface area contributed by atoms with Crippen molar-refractivity contribution in [3.05, 3.63) is 70.9 Å². The molecule has 8 nitrogen and oxygen atoms in total. The minimum Gasteiger partial charge on any atom is -0.491 e. The molecule has 0 spiro atoms. The van der Waals surface area contributed by atoms with Crippen LogP contribution in [0, 0.1) is 11.6 Å². The standard InChI is InChI=1S/C21H17ClF2N2O6S/c1-31-21(28)12-8-19(22)25-20(9-12)33(29,30)26-17-10-14(15(23)11-16(17)24)13-4-2-3-5-18(13)32-7-6-27/h2-5,8-11,26-27H,6-7H2,1H3. The number of pyridine rings is 1. The zero-order chi connectivity index (χ0) is 24.2. The van der Waals surface area contributed by atoms with E-state index in [2.05, 4.69) is 9.72 Å². The van der Waals surface area contributed by atoms with Gasteiger partial charge in [-0.05, 0) is 24.3 Å². The Morgan fingerprint density at radius 1 is 1.12 bits per heavy atom. The summed E-state index contributed by atoms with van der Waals surface area (Å²) in [4.78, 5) is 15.4. The predicted molar refractivity (Wildman–Crippen MR) is 116 cm³/mol. The average Bonchev–Trinajstić information content (AvgIpc) is 2.78. The molecule has 1 heterocycles. The Hall–Kier alpha value is -3.28. The van der Waals surface area contributed by atoms with E-state index in [0.717, 1.165) is 25.3 Å². The van der Waals surface area contributed by atoms with Gasteiger partial charge in [-0.25, -0.2) is 18.6 Å². The number of nitrogens with zero attached hydrogens (tertiary/aromatic N) is 1. The minimum atomic E-state index is -4.54. The summed E-state index contributed by atoms with van der Waals surface area (Å²) in [6.45, 7) is -0.353. The van der Waals surface area contributed by atoms with Crippen LogP contribution in [0.3, 0.4) is 0 Å². The highest BCUT2D eigenvalue weighted by atomic mass is 35.5. The van der Waals surface area contributed by atoms with Crippen molar-refractivity contribution >= 4 is 33.3 Å². The first-order valence-electron chi connectivity index (χ1n) is 9.27. The van der Waals surface area contributed by atoms with E-state index in [1.165, 1.54) is 12.1 Å². The Labute approximate surface area is 192 Å². The van der Waals surface area contributed by atoms with Crippen LogP contribution in [-0.2, 0) is 14.8 Å². The van der Waals surface area contributed by atoms with Crippen LogP contribution < -0.4 is 9.46 Å². The number of rotatable bonds is 8. The Kier molecular flexibility index (Phi) is 7.46. The number of methoxy groups -OCH3 is 1. The van der Waals surface area contributed by atoms with Gasteiger partial charge in [0.2, 0.25) is 0 Å². The molecule has 174 valence electrons. The summed E-state index contributed by atoms with van der Waals surface area (Å²) in [5.41, 5.74) is -0.715. The number of para-hydroxylation sites is 1. The first kappa shape index (κ1) is 24.4. The molecular formula is C21H17ClF2N2O6S. The maximum absolute atomic E-state index is 14.6. The fraction of sp³-hybridized carbons (Fsp3) is 0.143. The van der Waals surface area contributed by atoms with E-state index in [1.807, 2.05) is 4.72 Å². The normalized spacial score (nSPS) is 11.2. The third kappa shape index (κ3) is 5.56. The summed E-state index contributed by atoms with van der Waals surface area (Å²) in [7, 11) is -3.44. The molecule has 2 N–H and O–H groups in total. The van der Waals surface area contributed by atoms with Crippen LogP contribution in [0.15, 0.2) is 53.6 Å². The van der Waals surface area contributed by atoms with Gasteiger partial charge in [0.1, 0.15) is 29.1 Å². The number of halogens is 3. The van der Waals surface area contributed by atoms with Crippen molar-refractivity contribution in [2.24, 2.45) is 0 Å². The van der Waals surface area contributed by atoms with Crippen LogP contribution in [0.2, 0.25) is 5.15 Å². The molecule has 12 heteroatoms. The Bertz CT molecular complexity index is 1300. The second-order valence-corrected chi connectivity index (χ2v) is 8.51. The zero-order valence-corrected chi connectivity index (χ0v) is 18.6. The minimum absolute atomic E-state index is 0.0672. The lowest BCUT2D eigenvalue weighted by molar-refractivity contribution is 0.0600. The molecule has 2 aromatic carbocycles. The molecule has 0 aliphatic heterocycles. The summed E-state index contributed by atoms with van der Waals surface area (Å²) in [6.07, 6.45) is 0. The van der Waals surface area contributed by atoms with Crippen LogP contribution in [0.4, 0.5) is 14.5 Å². The van der Waals surface area contributed by atoms with Crippen LogP contribution in [-0.4, -0.2) is 44.8 Å². The SMILES string of the molecule is COC(=O)c1cc(Cl)nc(S(=O)(=O)Nc2cc(-c3ccccc3OCCO)c(F)cc2F)c1. The van der Waals surface area contributed by atoms with Gasteiger partial charge < -0.3 is 14.6 Å². The lowest BCUT2D eigenvalue weighted by Crippen LogP contribution is -2.17. The van der Waals surface area contributed by atoms with Gasteiger partial charge >= 0.3 is 5.97 Å². The van der Waals surface area contributed by atoms with Crippen molar-refractivity contribution in [2.75, 3.05) is 25.0 Å². The molecule has 0 aliphatic rings. The number of sulfonamides is 1. The third-order valence-corrected chi connectivity index (χ3v) is 5.74. The van der Waals surface area contributed by atoms with Gasteiger partial charge in [-0.15, -0.1) is 0 Å². The molecule has 3 aromatic rings. The molecular weight excluding hydrogens is 482 g/mol. The number of aromatic nitrogens is 1. The predicted octanol–water partition coefficient (Wildman–Crippen LogP) is 3.64. The number of esters is 1. The van der Waals surface area contributed by atoms with E-state index in [1.54, 1.807) is 12.1 Å². The largest absolute Gasteiger partial charge is 0.491 e. The number of benzene rings is 2. The van der Waals surface area contributed by atoms with Gasteiger partial charge in [0.25, 0.3) is 10.0 Å². The Morgan fingerprint density at radius 2 is 1.85 bits per heavy atom. The molecule has 0 aliphatic carbocycles. The smallest absolute Gasteiger partial charge is 0.338 e. The summed E-state index contributed by atoms with van der Waals surface area (Å²) in [5.74, 6) is -2.82. The Morgan fingerprint density at radius 3 is 2.55 bits per heavy atom. The first-order valence-corrected chi connectivity index (χ1v) is 11.1. The number of carbonyl (C=O) groups excluding carboxylic acids is 1. The molecule has 0 amide bonds. The van der Waals surface area contributed by atoms with Gasteiger partial charge in [-0.3, -0.25) is 4.72 Å². The highest BCUT2D eigenvalue weighted by Gasteiger charge is 2.23. The number of ether oxygens (including phenoxy) is 2. The zero-order valence-electron chi connectivity index (χ0n) is 17.0. The molecule has 0 bridgehead atoms. The third-order valence-electron chi connectivity index (χ3n) is 4.29. The number of nitrogens with one attached hydrogen (secondary N) is 1. The van der Waals surface area contributed by atoms with Gasteiger partial charge in [-0.2, -0.15) is 8.42 Å². The lowest BCUT2D eigenvalue weighted by Gasteiger charge is -2.14. The quantitative estimate of drug-likeness (QED) is 0.360. The lowest BCUT2D eigenvalue weighted by atomic mass is 10.0. The number of aliphatic hydroxyl groups is 1. The fourth-order valence-electron chi connectivity index (χ4n) is 2.85. The molecule has 0 unspecified atom stereocenters. The summed E-state index contributed by atoms with van der Waals surface area (Å²) < 4.78 is 66.6. The average molecular weight is 499 g/mol. The van der Waals surface area contributed by atoms with Crippen LogP contribution in [0.1, 0.15) is 10.4 Å². The second-order valence-electron chi connectivity index (χ2n) is 6.49. The number of hydrogen-bond donors (Lipinski definition) is 2. The second kappa shape index (κ2) is 10.1. The van der Waals surface area contributed by atoms with E-state index >= 15 is 0 Å². The molecule has 0 fully saturated rings. The van der Waals surface area contributed by atoms with Crippen molar-refractivity contribution in [3.63, 3.8) is 0 Å². The number of aliphatic hydroxyl groups excluding tert-OH is 1. The number of carbonyl (C=O) groups is 1. The highest BCUT2D eigenvalue weighted by molar-refractivity contribution is 7.92. The van der Waals surface area contributed by atoms with Crippen LogP contribution in [0.25, 0.3) is 11.1 Å². The summed E-state index contributed by atoms with van der Waals surface area (Å²) in [6, 6.07) is 9.68. The molecule has 0 atom stereocenters. The van der Waals surface area contributed by atoms with Crippen molar-refractivity contribution in [2.45, 2.75) is 5.03 Å². The maximum Gasteiger partial charge on any atom is 0.338 e. The molecule has 33 heavy (non-hydrogen) atoms. The van der Waals surface area contributed by atoms with E-state index in [-0.39, 0.29) is 40.8 Å². The van der Waals surface area contributed by atoms with Gasteiger partial charge in [0, 0.05) is 17.2 Å². The van der Waals surface area contributed by atoms with Crippen LogP contribution >= 0.6 is 11.6 Å². The molecule has 3 rings (SSSR count). The first-order chi connectivity index (χ1) is 15.7. The van der Waals surface area contributed by atoms with Crippen molar-refractivity contribution in [1.29, 1.82) is 0 Å². The summed E-state index contributed by atoms with van der Waals surface area (Å²) in [5, 5.41) is 7.99. The van der Waals surface area contributed by atoms with Gasteiger partial charge in [0.05, 0.1) is 25.0 Å². The van der Waals surface area contributed by atoms with Crippen molar-refractivity contribution in [3.8, 4) is 16.9 Å². The van der Waals surface area contributed by atoms with Crippen molar-refractivity contribution < 1.29 is 36.6 Å². The van der Waals surface area contributed by atoms with E-state index < -0.39 is 38.3 Å². The molecule has 1 aromatic heterocycles. The molecule has 0 radical (unpaired) electrons. The summed E-state index contributed by atoms with van der Waals surface area (Å²) >= 11 is 5.81. The van der Waals surface area contributed by atoms with Crippen molar-refractivity contribution in [1.82, 2.24) is 4.98 Å². The van der Waals surface area contributed by atoms with Crippen LogP contribution in [0.5, 0.6) is 5.75 Å². The Balaban J connectivity index is 2.04. The van der Waals surface area contributed by atoms with Gasteiger partial charge in [0.15, 0.2) is 5.03 Å². The van der Waals surface area contributed by atoms with E-state index in [0.29, 0.717) is 6.07 Å². The monoisotopic (exact) mass is 498 g/mol. The van der Waals surface area contributed by atoms with Gasteiger partial charge in [-0.1, -0.05) is 29.8 Å². The number of hydrogen-bond acceptors (Lipinski definition) is 7. The topological polar surface area (TPSA) is 115 Å². The van der Waals surface area contributed by atoms with E-state index in [9.17, 15) is 22.0 Å². The van der Waals surface area contributed by atoms with E-state index in [4.69, 9.17) is 21.4 Å². The molecule has 0 saturated carbocycles.